The van der Waals surface area contributed by atoms with Gasteiger partial charge in [-0.15, -0.1) is 0 Å². The third-order valence-corrected chi connectivity index (χ3v) is 4.02. The van der Waals surface area contributed by atoms with Gasteiger partial charge in [0.1, 0.15) is 17.6 Å². The number of nitriles is 1. The third-order valence-electron chi connectivity index (χ3n) is 4.02. The molecule has 0 amide bonds. The first-order valence-electron chi connectivity index (χ1n) is 7.18. The maximum Gasteiger partial charge on any atom is 0.374 e. The molecule has 0 unspecified atom stereocenters. The summed E-state index contributed by atoms with van der Waals surface area (Å²) in [6, 6.07) is 2.13. The van der Waals surface area contributed by atoms with E-state index in [4.69, 9.17) is 12.7 Å². The summed E-state index contributed by atoms with van der Waals surface area (Å²) in [5.74, 6) is 0.767. The fourth-order valence-corrected chi connectivity index (χ4v) is 2.35. The summed E-state index contributed by atoms with van der Waals surface area (Å²) in [6.45, 7) is 11.3. The predicted molar refractivity (Wildman–Crippen MR) is 88.2 cm³/mol. The summed E-state index contributed by atoms with van der Waals surface area (Å²) >= 11 is 0. The number of aromatic nitrogens is 4. The van der Waals surface area contributed by atoms with Crippen LogP contribution in [0.15, 0.2) is 0 Å². The van der Waals surface area contributed by atoms with E-state index in [1.165, 1.54) is 0 Å². The Balaban J connectivity index is 2.81. The molecule has 2 aromatic rings. The highest BCUT2D eigenvalue weighted by molar-refractivity contribution is 6.04. The van der Waals surface area contributed by atoms with Crippen LogP contribution >= 0.6 is 0 Å². The molecule has 0 aliphatic heterocycles. The molecule has 2 heterocycles. The molecular weight excluding hydrogens is 289 g/mol. The molecule has 6 nitrogen and oxygen atoms in total. The predicted octanol–water partition coefficient (Wildman–Crippen LogP) is 2.47. The molecule has 0 N–H and O–H groups in total. The standard InChI is InChI=1S/C16H18BN5O/c1-8-11(4)21-22(12(8)5)14(7-18)16(23-17)15-9(2)10(3)19-13(6)20-15/h1-6H3. The van der Waals surface area contributed by atoms with E-state index in [0.29, 0.717) is 11.5 Å². The number of aryl methyl sites for hydroxylation is 3. The number of rotatable bonds is 3. The number of hydrogen-bond acceptors (Lipinski definition) is 5. The lowest BCUT2D eigenvalue weighted by Crippen LogP contribution is -2.09. The molecule has 0 spiro atoms. The highest BCUT2D eigenvalue weighted by Crippen LogP contribution is 2.26. The minimum absolute atomic E-state index is 0.184. The van der Waals surface area contributed by atoms with Crippen LogP contribution in [0.5, 0.6) is 0 Å². The Kier molecular flexibility index (Phi) is 4.55. The first kappa shape index (κ1) is 16.8. The van der Waals surface area contributed by atoms with Gasteiger partial charge in [0.25, 0.3) is 0 Å². The normalized spacial score (nSPS) is 11.9. The zero-order chi connectivity index (χ0) is 17.3. The van der Waals surface area contributed by atoms with Crippen molar-refractivity contribution in [1.29, 1.82) is 5.26 Å². The van der Waals surface area contributed by atoms with E-state index in [1.807, 2.05) is 34.6 Å². The highest BCUT2D eigenvalue weighted by Gasteiger charge is 2.20. The van der Waals surface area contributed by atoms with E-state index in [9.17, 15) is 5.26 Å². The molecular formula is C16H18BN5O. The molecule has 116 valence electrons. The molecule has 0 aliphatic carbocycles. The summed E-state index contributed by atoms with van der Waals surface area (Å²) in [6.07, 6.45) is 0. The largest absolute Gasteiger partial charge is 0.564 e. The molecule has 0 aliphatic rings. The van der Waals surface area contributed by atoms with Crippen LogP contribution in [0.25, 0.3) is 11.5 Å². The van der Waals surface area contributed by atoms with Gasteiger partial charge in [0.15, 0.2) is 11.5 Å². The molecule has 2 radical (unpaired) electrons. The number of nitrogens with zero attached hydrogens (tertiary/aromatic N) is 5. The van der Waals surface area contributed by atoms with Gasteiger partial charge in [-0.25, -0.2) is 14.6 Å². The van der Waals surface area contributed by atoms with Gasteiger partial charge in [0.2, 0.25) is 0 Å². The van der Waals surface area contributed by atoms with Crippen LogP contribution in [0.4, 0.5) is 0 Å². The summed E-state index contributed by atoms with van der Waals surface area (Å²) in [4.78, 5) is 8.70. The van der Waals surface area contributed by atoms with Gasteiger partial charge in [-0.2, -0.15) is 10.4 Å². The fraction of sp³-hybridized carbons (Fsp3) is 0.375. The molecule has 2 rings (SSSR count). The molecule has 0 bridgehead atoms. The lowest BCUT2D eigenvalue weighted by molar-refractivity contribution is 0.564. The van der Waals surface area contributed by atoms with Crippen molar-refractivity contribution < 1.29 is 4.65 Å². The van der Waals surface area contributed by atoms with Crippen LogP contribution in [0.1, 0.15) is 39.7 Å². The Morgan fingerprint density at radius 2 is 1.70 bits per heavy atom. The first-order valence-corrected chi connectivity index (χ1v) is 7.18. The number of allylic oxidation sites excluding steroid dienone is 1. The minimum atomic E-state index is 0.184. The monoisotopic (exact) mass is 307 g/mol. The maximum absolute atomic E-state index is 9.65. The van der Waals surface area contributed by atoms with Gasteiger partial charge in [-0.05, 0) is 52.7 Å². The summed E-state index contributed by atoms with van der Waals surface area (Å²) in [5.41, 5.74) is 5.03. The Morgan fingerprint density at radius 1 is 1.04 bits per heavy atom. The summed E-state index contributed by atoms with van der Waals surface area (Å²) < 4.78 is 6.59. The Labute approximate surface area is 137 Å². The van der Waals surface area contributed by atoms with Crippen LogP contribution in [0, 0.1) is 52.9 Å². The van der Waals surface area contributed by atoms with Gasteiger partial charge in [0, 0.05) is 11.4 Å². The summed E-state index contributed by atoms with van der Waals surface area (Å²) in [7, 11) is 5.47. The number of hydrogen-bond donors (Lipinski definition) is 0. The van der Waals surface area contributed by atoms with E-state index in [1.54, 1.807) is 11.6 Å². The fourth-order valence-electron chi connectivity index (χ4n) is 2.35. The van der Waals surface area contributed by atoms with E-state index < -0.39 is 0 Å². The van der Waals surface area contributed by atoms with Crippen molar-refractivity contribution >= 4 is 19.5 Å². The Hall–Kier alpha value is -2.62. The lowest BCUT2D eigenvalue weighted by Gasteiger charge is -2.14. The Morgan fingerprint density at radius 3 is 2.17 bits per heavy atom. The first-order chi connectivity index (χ1) is 10.8. The van der Waals surface area contributed by atoms with Crippen molar-refractivity contribution in [1.82, 2.24) is 19.7 Å². The average Bonchev–Trinajstić information content (AvgIpc) is 2.76. The molecule has 7 heteroatoms. The van der Waals surface area contributed by atoms with Gasteiger partial charge in [0.05, 0.1) is 5.69 Å². The molecule has 0 saturated heterocycles. The van der Waals surface area contributed by atoms with E-state index in [-0.39, 0.29) is 11.5 Å². The van der Waals surface area contributed by atoms with Gasteiger partial charge in [-0.1, -0.05) is 0 Å². The van der Waals surface area contributed by atoms with Crippen molar-refractivity contribution in [2.45, 2.75) is 41.5 Å². The van der Waals surface area contributed by atoms with Crippen molar-refractivity contribution in [3.05, 3.63) is 39.7 Å². The molecule has 0 atom stereocenters. The van der Waals surface area contributed by atoms with Crippen LogP contribution < -0.4 is 0 Å². The van der Waals surface area contributed by atoms with Crippen LogP contribution in [-0.4, -0.2) is 27.8 Å². The van der Waals surface area contributed by atoms with Crippen LogP contribution in [0.3, 0.4) is 0 Å². The SMILES string of the molecule is [B]OC(=C(C#N)n1nc(C)c(C)c1C)c1nc(C)nc(C)c1C. The van der Waals surface area contributed by atoms with Crippen LogP contribution in [-0.2, 0) is 4.65 Å². The van der Waals surface area contributed by atoms with Crippen molar-refractivity contribution in [2.75, 3.05) is 0 Å². The topological polar surface area (TPSA) is 76.6 Å². The summed E-state index contributed by atoms with van der Waals surface area (Å²) in [5, 5.41) is 14.1. The molecule has 23 heavy (non-hydrogen) atoms. The second kappa shape index (κ2) is 6.25. The highest BCUT2D eigenvalue weighted by atomic mass is 16.4. The molecule has 2 aromatic heterocycles. The Bertz CT molecular complexity index is 845. The second-order valence-corrected chi connectivity index (χ2v) is 5.44. The van der Waals surface area contributed by atoms with Crippen molar-refractivity contribution in [2.24, 2.45) is 0 Å². The lowest BCUT2D eigenvalue weighted by atomic mass is 10.1. The quantitative estimate of drug-likeness (QED) is 0.494. The van der Waals surface area contributed by atoms with Crippen molar-refractivity contribution in [3.8, 4) is 6.07 Å². The van der Waals surface area contributed by atoms with Gasteiger partial charge >= 0.3 is 8.05 Å². The zero-order valence-corrected chi connectivity index (χ0v) is 14.2. The smallest absolute Gasteiger partial charge is 0.374 e. The third kappa shape index (κ3) is 2.84. The van der Waals surface area contributed by atoms with Gasteiger partial charge < -0.3 is 4.65 Å². The maximum atomic E-state index is 9.65. The van der Waals surface area contributed by atoms with E-state index >= 15 is 0 Å². The van der Waals surface area contributed by atoms with Crippen molar-refractivity contribution in [3.63, 3.8) is 0 Å². The molecule has 0 aromatic carbocycles. The van der Waals surface area contributed by atoms with E-state index in [0.717, 1.165) is 28.2 Å². The zero-order valence-electron chi connectivity index (χ0n) is 14.2. The van der Waals surface area contributed by atoms with Crippen LogP contribution in [0.2, 0.25) is 0 Å². The van der Waals surface area contributed by atoms with E-state index in [2.05, 4.69) is 21.1 Å². The second-order valence-electron chi connectivity index (χ2n) is 5.44. The molecule has 0 saturated carbocycles. The van der Waals surface area contributed by atoms with Gasteiger partial charge in [-0.3, -0.25) is 0 Å². The average molecular weight is 307 g/mol. The minimum Gasteiger partial charge on any atom is -0.564 e. The molecule has 0 fully saturated rings.